The van der Waals surface area contributed by atoms with Gasteiger partial charge in [-0.05, 0) is 50.8 Å². The smallest absolute Gasteiger partial charge is 0.270 e. The van der Waals surface area contributed by atoms with Gasteiger partial charge in [0.15, 0.2) is 0 Å². The normalized spacial score (nSPS) is 20.5. The fourth-order valence-corrected chi connectivity index (χ4v) is 5.12. The van der Waals surface area contributed by atoms with E-state index in [4.69, 9.17) is 10.7 Å². The fraction of sp³-hybridized carbons (Fsp3) is 0.520. The number of anilines is 1. The Balaban J connectivity index is 1.79. The van der Waals surface area contributed by atoms with Gasteiger partial charge in [0, 0.05) is 24.3 Å². The van der Waals surface area contributed by atoms with Gasteiger partial charge < -0.3 is 10.7 Å². The van der Waals surface area contributed by atoms with Gasteiger partial charge in [0.05, 0.1) is 17.5 Å². The quantitative estimate of drug-likeness (QED) is 0.572. The van der Waals surface area contributed by atoms with Gasteiger partial charge in [-0.3, -0.25) is 9.69 Å². The van der Waals surface area contributed by atoms with Crippen molar-refractivity contribution in [1.29, 1.82) is 0 Å². The number of rotatable bonds is 7. The summed E-state index contributed by atoms with van der Waals surface area (Å²) < 4.78 is 0. The van der Waals surface area contributed by atoms with Gasteiger partial charge in [0.2, 0.25) is 0 Å². The van der Waals surface area contributed by atoms with Gasteiger partial charge in [0.1, 0.15) is 17.3 Å². The number of nitrogens with two attached hydrogens (primary N) is 1. The van der Waals surface area contributed by atoms with Crippen LogP contribution < -0.4 is 11.3 Å². The summed E-state index contributed by atoms with van der Waals surface area (Å²) in [7, 11) is 0. The third-order valence-electron chi connectivity index (χ3n) is 6.69. The van der Waals surface area contributed by atoms with E-state index >= 15 is 0 Å². The topological polar surface area (TPSA) is 101 Å². The van der Waals surface area contributed by atoms with Crippen molar-refractivity contribution in [1.82, 2.24) is 24.8 Å². The Morgan fingerprint density at radius 1 is 1.19 bits per heavy atom. The zero-order chi connectivity index (χ0) is 22.7. The lowest BCUT2D eigenvalue weighted by molar-refractivity contribution is 0.0495. The molecular weight excluding hydrogens is 400 g/mol. The molecule has 3 aromatic rings. The molecule has 32 heavy (non-hydrogen) atoms. The molecule has 3 heterocycles. The number of aromatic amines is 1. The number of nitrogens with one attached hydrogen (secondary N) is 1. The molecule has 0 bridgehead atoms. The summed E-state index contributed by atoms with van der Waals surface area (Å²) in [6.45, 7) is 6.93. The van der Waals surface area contributed by atoms with E-state index in [-0.39, 0.29) is 18.0 Å². The lowest BCUT2D eigenvalue weighted by Gasteiger charge is -2.44. The Labute approximate surface area is 189 Å². The molecule has 4 rings (SSSR count). The van der Waals surface area contributed by atoms with Crippen LogP contribution in [0.4, 0.5) is 5.82 Å². The second kappa shape index (κ2) is 9.77. The van der Waals surface area contributed by atoms with E-state index in [0.717, 1.165) is 30.3 Å². The van der Waals surface area contributed by atoms with Crippen LogP contribution in [0, 0.1) is 0 Å². The second-order valence-electron chi connectivity index (χ2n) is 9.06. The number of nitrogen functional groups attached to an aromatic ring is 1. The molecule has 1 aromatic carbocycles. The third-order valence-corrected chi connectivity index (χ3v) is 6.69. The zero-order valence-corrected chi connectivity index (χ0v) is 19.3. The predicted octanol–water partition coefficient (Wildman–Crippen LogP) is 4.38. The summed E-state index contributed by atoms with van der Waals surface area (Å²) in [6.07, 6.45) is 8.98. The number of H-pyrrole nitrogens is 1. The molecule has 7 heteroatoms. The molecule has 1 aliphatic rings. The zero-order valence-electron chi connectivity index (χ0n) is 19.3. The van der Waals surface area contributed by atoms with Crippen molar-refractivity contribution in [3.63, 3.8) is 0 Å². The van der Waals surface area contributed by atoms with Crippen LogP contribution >= 0.6 is 0 Å². The second-order valence-corrected chi connectivity index (χ2v) is 9.06. The van der Waals surface area contributed by atoms with E-state index < -0.39 is 0 Å². The number of piperidine rings is 1. The largest absolute Gasteiger partial charge is 0.384 e. The van der Waals surface area contributed by atoms with E-state index in [2.05, 4.69) is 46.7 Å². The van der Waals surface area contributed by atoms with Crippen molar-refractivity contribution >= 4 is 16.9 Å². The summed E-state index contributed by atoms with van der Waals surface area (Å²) in [4.78, 5) is 31.9. The number of para-hydroxylation sites is 1. The molecule has 0 spiro atoms. The third kappa shape index (κ3) is 4.67. The number of aromatic nitrogens is 4. The van der Waals surface area contributed by atoms with E-state index in [1.807, 2.05) is 12.1 Å². The van der Waals surface area contributed by atoms with E-state index in [9.17, 15) is 4.79 Å². The van der Waals surface area contributed by atoms with Crippen LogP contribution in [0.2, 0.25) is 0 Å². The minimum Gasteiger partial charge on any atom is -0.384 e. The molecule has 2 aromatic heterocycles. The number of benzene rings is 1. The predicted molar refractivity (Wildman–Crippen MR) is 128 cm³/mol. The molecule has 1 aliphatic heterocycles. The first kappa shape index (κ1) is 22.4. The van der Waals surface area contributed by atoms with Crippen molar-refractivity contribution < 1.29 is 0 Å². The van der Waals surface area contributed by atoms with Crippen LogP contribution in [0.15, 0.2) is 35.3 Å². The first-order valence-electron chi connectivity index (χ1n) is 11.8. The summed E-state index contributed by atoms with van der Waals surface area (Å²) in [5.74, 6) is 0.890. The van der Waals surface area contributed by atoms with Gasteiger partial charge in [0.25, 0.3) is 5.56 Å². The maximum absolute atomic E-state index is 12.8. The fourth-order valence-electron chi connectivity index (χ4n) is 5.12. The van der Waals surface area contributed by atoms with Gasteiger partial charge in [-0.15, -0.1) is 0 Å². The molecule has 0 aliphatic carbocycles. The van der Waals surface area contributed by atoms with Crippen LogP contribution in [-0.4, -0.2) is 36.9 Å². The van der Waals surface area contributed by atoms with Crippen molar-refractivity contribution in [2.24, 2.45) is 0 Å². The Hall–Kier alpha value is -2.80. The van der Waals surface area contributed by atoms with Crippen molar-refractivity contribution in [3.05, 3.63) is 57.9 Å². The summed E-state index contributed by atoms with van der Waals surface area (Å²) >= 11 is 0. The Bertz CT molecular complexity index is 1120. The highest BCUT2D eigenvalue weighted by Crippen LogP contribution is 2.37. The van der Waals surface area contributed by atoms with Gasteiger partial charge in [-0.1, -0.05) is 38.3 Å². The molecule has 0 saturated carbocycles. The number of hydrogen-bond acceptors (Lipinski definition) is 6. The van der Waals surface area contributed by atoms with Crippen molar-refractivity contribution in [2.75, 3.05) is 5.73 Å². The van der Waals surface area contributed by atoms with Crippen LogP contribution in [0.25, 0.3) is 11.0 Å². The first-order chi connectivity index (χ1) is 15.5. The molecule has 1 fully saturated rings. The number of likely N-dealkylation sites (tertiary alicyclic amines) is 1. The van der Waals surface area contributed by atoms with E-state index in [1.165, 1.54) is 24.8 Å². The lowest BCUT2D eigenvalue weighted by atomic mass is 9.89. The molecule has 3 N–H and O–H groups in total. The molecule has 0 radical (unpaired) electrons. The Kier molecular flexibility index (Phi) is 6.84. The summed E-state index contributed by atoms with van der Waals surface area (Å²) in [5.41, 5.74) is 8.86. The van der Waals surface area contributed by atoms with Crippen LogP contribution in [0.3, 0.4) is 0 Å². The number of hydrogen-bond donors (Lipinski definition) is 2. The molecule has 3 unspecified atom stereocenters. The highest BCUT2D eigenvalue weighted by molar-refractivity contribution is 5.78. The average molecular weight is 435 g/mol. The van der Waals surface area contributed by atoms with Crippen molar-refractivity contribution in [3.8, 4) is 0 Å². The minimum absolute atomic E-state index is 0.203. The Morgan fingerprint density at radius 2 is 1.97 bits per heavy atom. The van der Waals surface area contributed by atoms with E-state index in [1.54, 1.807) is 12.3 Å². The van der Waals surface area contributed by atoms with Crippen LogP contribution in [0.5, 0.6) is 0 Å². The maximum atomic E-state index is 12.8. The lowest BCUT2D eigenvalue weighted by Crippen LogP contribution is -2.46. The molecule has 170 valence electrons. The van der Waals surface area contributed by atoms with Gasteiger partial charge in [-0.25, -0.2) is 15.0 Å². The number of unbranched alkanes of at least 4 members (excludes halogenated alkanes) is 1. The Morgan fingerprint density at radius 3 is 2.69 bits per heavy atom. The molecule has 0 amide bonds. The SMILES string of the molecule is CCCCC(c1cccc2[nH]c(=O)c(Cc3nccc(N)n3)nc12)N1C(C)CCCC1C. The number of fused-ring (bicyclic) bond motifs is 1. The van der Waals surface area contributed by atoms with Gasteiger partial charge >= 0.3 is 0 Å². The monoisotopic (exact) mass is 434 g/mol. The molecule has 3 atom stereocenters. The van der Waals surface area contributed by atoms with E-state index in [0.29, 0.717) is 29.4 Å². The standard InChI is InChI=1S/C25H34N6O/c1-4-5-12-21(31-16(2)8-6-9-17(31)3)18-10-7-11-19-24(18)28-20(25(32)29-19)15-23-27-14-13-22(26)30-23/h7,10-11,13-14,16-17,21H,4-6,8-9,12,15H2,1-3H3,(H,29,32)(H2,26,27,30). The highest BCUT2D eigenvalue weighted by Gasteiger charge is 2.32. The average Bonchev–Trinajstić information content (AvgIpc) is 2.76. The van der Waals surface area contributed by atoms with Crippen LogP contribution in [0.1, 0.15) is 82.4 Å². The summed E-state index contributed by atoms with van der Waals surface area (Å²) in [5, 5.41) is 0. The number of nitrogens with zero attached hydrogens (tertiary/aromatic N) is 4. The van der Waals surface area contributed by atoms with Crippen molar-refractivity contribution in [2.45, 2.75) is 83.8 Å². The molecular formula is C25H34N6O. The minimum atomic E-state index is -0.203. The highest BCUT2D eigenvalue weighted by atomic mass is 16.1. The summed E-state index contributed by atoms with van der Waals surface area (Å²) in [6, 6.07) is 9.13. The first-order valence-corrected chi connectivity index (χ1v) is 11.8. The van der Waals surface area contributed by atoms with Gasteiger partial charge in [-0.2, -0.15) is 0 Å². The molecule has 1 saturated heterocycles. The molecule has 7 nitrogen and oxygen atoms in total. The van der Waals surface area contributed by atoms with Crippen LogP contribution in [-0.2, 0) is 6.42 Å². The maximum Gasteiger partial charge on any atom is 0.270 e.